The van der Waals surface area contributed by atoms with Gasteiger partial charge in [0.1, 0.15) is 5.52 Å². The maximum absolute atomic E-state index is 13.6. The van der Waals surface area contributed by atoms with Gasteiger partial charge in [0.2, 0.25) is 5.91 Å². The minimum atomic E-state index is -1.63. The first-order valence-corrected chi connectivity index (χ1v) is 8.26. The molecule has 130 valence electrons. The maximum atomic E-state index is 13.6. The van der Waals surface area contributed by atoms with Gasteiger partial charge in [-0.1, -0.05) is 29.0 Å². The van der Waals surface area contributed by atoms with Crippen LogP contribution in [0, 0.1) is 17.5 Å². The van der Waals surface area contributed by atoms with Crippen molar-refractivity contribution >= 4 is 49.9 Å². The summed E-state index contributed by atoms with van der Waals surface area (Å²) in [6.07, 6.45) is 0. The molecule has 0 bridgehead atoms. The highest BCUT2D eigenvalue weighted by Gasteiger charge is 2.17. The second-order valence-electron chi connectivity index (χ2n) is 5.21. The molecule has 4 nitrogen and oxygen atoms in total. The topological polar surface area (TPSA) is 45.2 Å². The summed E-state index contributed by atoms with van der Waals surface area (Å²) in [5, 5.41) is 3.26. The molecule has 25 heavy (non-hydrogen) atoms. The largest absolute Gasteiger partial charge is 0.342 e. The van der Waals surface area contributed by atoms with E-state index in [4.69, 9.17) is 11.6 Å². The lowest BCUT2D eigenvalue weighted by atomic mass is 10.2. The fourth-order valence-electron chi connectivity index (χ4n) is 2.16. The number of hydrogen-bond donors (Lipinski definition) is 1. The van der Waals surface area contributed by atoms with Crippen LogP contribution in [0.1, 0.15) is 0 Å². The average molecular weight is 386 g/mol. The molecule has 3 rings (SSSR count). The van der Waals surface area contributed by atoms with Gasteiger partial charge in [0, 0.05) is 7.05 Å². The first kappa shape index (κ1) is 17.5. The van der Waals surface area contributed by atoms with Gasteiger partial charge >= 0.3 is 0 Å². The lowest BCUT2D eigenvalue weighted by Gasteiger charge is -2.15. The van der Waals surface area contributed by atoms with Crippen LogP contribution in [0.5, 0.6) is 0 Å². The summed E-state index contributed by atoms with van der Waals surface area (Å²) >= 11 is 7.41. The van der Waals surface area contributed by atoms with Gasteiger partial charge in [0.25, 0.3) is 0 Å². The summed E-state index contributed by atoms with van der Waals surface area (Å²) in [6, 6.07) is 7.07. The van der Waals surface area contributed by atoms with Gasteiger partial charge in [-0.05, 0) is 24.3 Å². The Hall–Kier alpha value is -2.32. The molecule has 0 fully saturated rings. The summed E-state index contributed by atoms with van der Waals surface area (Å²) in [5.74, 6) is -4.99. The van der Waals surface area contributed by atoms with Crippen LogP contribution >= 0.6 is 22.9 Å². The van der Waals surface area contributed by atoms with E-state index in [0.29, 0.717) is 15.7 Å². The Morgan fingerprint density at radius 2 is 2.00 bits per heavy atom. The summed E-state index contributed by atoms with van der Waals surface area (Å²) in [4.78, 5) is 18.0. The fraction of sp³-hybridized carbons (Fsp3) is 0.125. The number of halogens is 4. The molecule has 1 aromatic heterocycles. The number of nitrogens with one attached hydrogen (secondary N) is 1. The quantitative estimate of drug-likeness (QED) is 0.675. The van der Waals surface area contributed by atoms with E-state index in [2.05, 4.69) is 10.3 Å². The minimum Gasteiger partial charge on any atom is -0.342 e. The predicted molar refractivity (Wildman–Crippen MR) is 92.8 cm³/mol. The third-order valence-corrected chi connectivity index (χ3v) is 4.81. The zero-order chi connectivity index (χ0) is 18.1. The number of nitrogens with zero attached hydrogens (tertiary/aromatic N) is 2. The van der Waals surface area contributed by atoms with Crippen LogP contribution in [0.3, 0.4) is 0 Å². The van der Waals surface area contributed by atoms with E-state index in [1.54, 1.807) is 24.1 Å². The number of hydrogen-bond acceptors (Lipinski definition) is 4. The van der Waals surface area contributed by atoms with Crippen molar-refractivity contribution in [3.63, 3.8) is 0 Å². The Bertz CT molecular complexity index is 963. The van der Waals surface area contributed by atoms with Crippen LogP contribution in [0.4, 0.5) is 24.0 Å². The maximum Gasteiger partial charge on any atom is 0.244 e. The fourth-order valence-corrected chi connectivity index (χ4v) is 3.39. The summed E-state index contributed by atoms with van der Waals surface area (Å²) in [6.45, 7) is -0.157. The van der Waals surface area contributed by atoms with E-state index in [0.717, 1.165) is 16.8 Å². The van der Waals surface area contributed by atoms with Crippen molar-refractivity contribution in [1.82, 2.24) is 4.98 Å². The number of anilines is 2. The highest BCUT2D eigenvalue weighted by Crippen LogP contribution is 2.32. The molecule has 0 radical (unpaired) electrons. The third-order valence-electron chi connectivity index (χ3n) is 3.38. The number of aromatic nitrogens is 1. The van der Waals surface area contributed by atoms with Gasteiger partial charge in [-0.3, -0.25) is 4.79 Å². The van der Waals surface area contributed by atoms with E-state index in [1.165, 1.54) is 11.3 Å². The summed E-state index contributed by atoms with van der Waals surface area (Å²) in [7, 11) is 1.63. The lowest BCUT2D eigenvalue weighted by molar-refractivity contribution is -0.114. The second kappa shape index (κ2) is 6.89. The molecule has 0 atom stereocenters. The van der Waals surface area contributed by atoms with Crippen LogP contribution in [-0.2, 0) is 4.79 Å². The molecular formula is C16H11ClF3N3OS. The van der Waals surface area contributed by atoms with Crippen molar-refractivity contribution in [3.8, 4) is 0 Å². The van der Waals surface area contributed by atoms with Gasteiger partial charge in [-0.25, -0.2) is 18.2 Å². The number of fused-ring (bicyclic) bond motifs is 1. The molecule has 3 aromatic rings. The molecule has 0 aliphatic heterocycles. The van der Waals surface area contributed by atoms with Crippen molar-refractivity contribution in [2.24, 2.45) is 0 Å². The molecule has 0 saturated heterocycles. The Morgan fingerprint density at radius 3 is 2.72 bits per heavy atom. The Balaban J connectivity index is 1.74. The van der Waals surface area contributed by atoms with Crippen molar-refractivity contribution in [2.45, 2.75) is 0 Å². The molecule has 0 aliphatic carbocycles. The monoisotopic (exact) mass is 385 g/mol. The standard InChI is InChI=1S/C16H11ClF3N3OS/c1-23(16-22-15-8(17)3-2-4-11(15)25-16)7-12(24)21-10-6-5-9(18)13(19)14(10)20/h2-6H,7H2,1H3,(H,21,24). The Morgan fingerprint density at radius 1 is 1.24 bits per heavy atom. The molecule has 9 heteroatoms. The van der Waals surface area contributed by atoms with Crippen LogP contribution in [-0.4, -0.2) is 24.5 Å². The zero-order valence-electron chi connectivity index (χ0n) is 12.8. The first-order valence-electron chi connectivity index (χ1n) is 7.06. The molecular weight excluding hydrogens is 375 g/mol. The van der Waals surface area contributed by atoms with Crippen LogP contribution in [0.2, 0.25) is 5.02 Å². The molecule has 1 amide bonds. The Kier molecular flexibility index (Phi) is 4.82. The Labute approximate surface area is 149 Å². The summed E-state index contributed by atoms with van der Waals surface area (Å²) in [5.41, 5.74) is 0.202. The lowest BCUT2D eigenvalue weighted by Crippen LogP contribution is -2.30. The smallest absolute Gasteiger partial charge is 0.244 e. The third kappa shape index (κ3) is 3.54. The molecule has 1 N–H and O–H groups in total. The number of thiazole rings is 1. The van der Waals surface area contributed by atoms with Gasteiger partial charge < -0.3 is 10.2 Å². The average Bonchev–Trinajstić information content (AvgIpc) is 3.01. The van der Waals surface area contributed by atoms with Gasteiger partial charge in [0.05, 0.1) is 22.0 Å². The molecule has 1 heterocycles. The van der Waals surface area contributed by atoms with Gasteiger partial charge in [-0.2, -0.15) is 0 Å². The van der Waals surface area contributed by atoms with E-state index >= 15 is 0 Å². The highest BCUT2D eigenvalue weighted by atomic mass is 35.5. The van der Waals surface area contributed by atoms with Gasteiger partial charge in [0.15, 0.2) is 22.6 Å². The normalized spacial score (nSPS) is 10.9. The minimum absolute atomic E-state index is 0.157. The van der Waals surface area contributed by atoms with E-state index in [1.807, 2.05) is 6.07 Å². The molecule has 0 aliphatic rings. The number of carbonyl (C=O) groups is 1. The van der Waals surface area contributed by atoms with Crippen molar-refractivity contribution in [3.05, 3.63) is 52.8 Å². The second-order valence-corrected chi connectivity index (χ2v) is 6.63. The van der Waals surface area contributed by atoms with Crippen LogP contribution in [0.25, 0.3) is 10.2 Å². The number of para-hydroxylation sites is 1. The molecule has 0 spiro atoms. The number of likely N-dealkylation sites (N-methyl/N-ethyl adjacent to an activating group) is 1. The molecule has 0 unspecified atom stereocenters. The predicted octanol–water partition coefficient (Wildman–Crippen LogP) is 4.44. The number of rotatable bonds is 4. The zero-order valence-corrected chi connectivity index (χ0v) is 14.4. The first-order chi connectivity index (χ1) is 11.9. The number of carbonyl (C=O) groups excluding carboxylic acids is 1. The number of benzene rings is 2. The van der Waals surface area contributed by atoms with Crippen molar-refractivity contribution in [2.75, 3.05) is 23.8 Å². The summed E-state index contributed by atoms with van der Waals surface area (Å²) < 4.78 is 40.6. The van der Waals surface area contributed by atoms with Gasteiger partial charge in [-0.15, -0.1) is 0 Å². The van der Waals surface area contributed by atoms with Crippen molar-refractivity contribution in [1.29, 1.82) is 0 Å². The molecule has 0 saturated carbocycles. The highest BCUT2D eigenvalue weighted by molar-refractivity contribution is 7.22. The van der Waals surface area contributed by atoms with Crippen LogP contribution < -0.4 is 10.2 Å². The van der Waals surface area contributed by atoms with Crippen molar-refractivity contribution < 1.29 is 18.0 Å². The SMILES string of the molecule is CN(CC(=O)Nc1ccc(F)c(F)c1F)c1nc2c(Cl)cccc2s1. The van der Waals surface area contributed by atoms with Crippen LogP contribution in [0.15, 0.2) is 30.3 Å². The molecule has 2 aromatic carbocycles. The van der Waals surface area contributed by atoms with E-state index in [-0.39, 0.29) is 6.54 Å². The van der Waals surface area contributed by atoms with E-state index < -0.39 is 29.0 Å². The number of amides is 1. The van der Waals surface area contributed by atoms with E-state index in [9.17, 15) is 18.0 Å².